The van der Waals surface area contributed by atoms with Crippen LogP contribution in [0, 0.1) is 5.92 Å². The highest BCUT2D eigenvalue weighted by molar-refractivity contribution is 4.80. The fourth-order valence-corrected chi connectivity index (χ4v) is 2.35. The third kappa shape index (κ3) is 5.39. The van der Waals surface area contributed by atoms with E-state index in [2.05, 4.69) is 39.5 Å². The minimum Gasteiger partial charge on any atom is -0.375 e. The van der Waals surface area contributed by atoms with Gasteiger partial charge in [-0.15, -0.1) is 0 Å². The van der Waals surface area contributed by atoms with Gasteiger partial charge in [0, 0.05) is 12.0 Å². The summed E-state index contributed by atoms with van der Waals surface area (Å²) in [4.78, 5) is 2.47. The van der Waals surface area contributed by atoms with Crippen molar-refractivity contribution in [2.75, 3.05) is 13.1 Å². The van der Waals surface area contributed by atoms with Crippen molar-refractivity contribution in [1.82, 2.24) is 4.90 Å². The van der Waals surface area contributed by atoms with Crippen molar-refractivity contribution >= 4 is 0 Å². The maximum Gasteiger partial charge on any atom is 0.0603 e. The van der Waals surface area contributed by atoms with Gasteiger partial charge in [-0.3, -0.25) is 0 Å². The van der Waals surface area contributed by atoms with Gasteiger partial charge in [-0.2, -0.15) is 0 Å². The summed E-state index contributed by atoms with van der Waals surface area (Å²) in [7, 11) is 0. The normalized spacial score (nSPS) is 31.4. The first kappa shape index (κ1) is 16.9. The fraction of sp³-hybridized carbons (Fsp3) is 1.00. The minimum atomic E-state index is 0.523. The van der Waals surface area contributed by atoms with E-state index in [0.717, 1.165) is 12.0 Å². The molecule has 0 aliphatic carbocycles. The highest BCUT2D eigenvalue weighted by Gasteiger charge is 2.33. The molecule has 104 valence electrons. The molecule has 2 aliphatic heterocycles. The Morgan fingerprint density at radius 1 is 1.12 bits per heavy atom. The molecule has 0 aromatic rings. The second-order valence-corrected chi connectivity index (χ2v) is 5.10. The topological polar surface area (TPSA) is 12.5 Å². The summed E-state index contributed by atoms with van der Waals surface area (Å²) >= 11 is 0. The largest absolute Gasteiger partial charge is 0.375 e. The van der Waals surface area contributed by atoms with E-state index >= 15 is 0 Å². The van der Waals surface area contributed by atoms with E-state index in [0.29, 0.717) is 12.2 Å². The summed E-state index contributed by atoms with van der Waals surface area (Å²) in [5.74, 6) is 0.829. The van der Waals surface area contributed by atoms with Gasteiger partial charge >= 0.3 is 0 Å². The molecule has 0 bridgehead atoms. The third-order valence-electron chi connectivity index (χ3n) is 3.73. The summed E-state index contributed by atoms with van der Waals surface area (Å²) in [6, 6.07) is 0.786. The molecule has 2 nitrogen and oxygen atoms in total. The predicted molar refractivity (Wildman–Crippen MR) is 76.5 cm³/mol. The monoisotopic (exact) mass is 243 g/mol. The first-order chi connectivity index (χ1) is 8.06. The molecule has 0 radical (unpaired) electrons. The van der Waals surface area contributed by atoms with Gasteiger partial charge in [-0.05, 0) is 53.6 Å². The standard InChI is InChI=1S/C7H14O.C6H13N.C2H6/c1-4-7-5(2)8-6(7)3;1-6(2)7-4-3-5-7;1-2/h5-7H,4H2,1-3H3;6H,3-5H2,1-2H3;1-2H3. The second kappa shape index (κ2) is 8.93. The van der Waals surface area contributed by atoms with Gasteiger partial charge in [-0.25, -0.2) is 0 Å². The molecule has 0 aromatic carbocycles. The van der Waals surface area contributed by atoms with Crippen LogP contribution in [0.3, 0.4) is 0 Å². The molecule has 2 saturated heterocycles. The van der Waals surface area contributed by atoms with Crippen molar-refractivity contribution in [1.29, 1.82) is 0 Å². The molecule has 2 aliphatic rings. The van der Waals surface area contributed by atoms with E-state index in [4.69, 9.17) is 4.74 Å². The first-order valence-corrected chi connectivity index (χ1v) is 7.45. The van der Waals surface area contributed by atoms with Crippen molar-refractivity contribution < 1.29 is 4.74 Å². The molecule has 0 amide bonds. The lowest BCUT2D eigenvalue weighted by molar-refractivity contribution is -0.165. The summed E-state index contributed by atoms with van der Waals surface area (Å²) < 4.78 is 5.34. The van der Waals surface area contributed by atoms with E-state index in [1.54, 1.807) is 0 Å². The highest BCUT2D eigenvalue weighted by atomic mass is 16.5. The Morgan fingerprint density at radius 2 is 1.59 bits per heavy atom. The molecule has 2 heteroatoms. The van der Waals surface area contributed by atoms with Crippen molar-refractivity contribution in [3.63, 3.8) is 0 Å². The van der Waals surface area contributed by atoms with E-state index in [9.17, 15) is 0 Å². The Morgan fingerprint density at radius 3 is 1.65 bits per heavy atom. The number of ether oxygens (including phenoxy) is 1. The summed E-state index contributed by atoms with van der Waals surface area (Å²) in [5.41, 5.74) is 0. The Labute approximate surface area is 109 Å². The Bertz CT molecular complexity index is 170. The van der Waals surface area contributed by atoms with Crippen LogP contribution in [-0.2, 0) is 4.74 Å². The predicted octanol–water partition coefficient (Wildman–Crippen LogP) is 3.95. The van der Waals surface area contributed by atoms with E-state index < -0.39 is 0 Å². The summed E-state index contributed by atoms with van der Waals surface area (Å²) in [5, 5.41) is 0. The highest BCUT2D eigenvalue weighted by Crippen LogP contribution is 2.29. The van der Waals surface area contributed by atoms with Crippen LogP contribution >= 0.6 is 0 Å². The van der Waals surface area contributed by atoms with Gasteiger partial charge in [0.25, 0.3) is 0 Å². The van der Waals surface area contributed by atoms with Crippen LogP contribution in [0.2, 0.25) is 0 Å². The lowest BCUT2D eigenvalue weighted by Crippen LogP contribution is -2.44. The average molecular weight is 243 g/mol. The fourth-order valence-electron chi connectivity index (χ4n) is 2.35. The third-order valence-corrected chi connectivity index (χ3v) is 3.73. The maximum atomic E-state index is 5.34. The van der Waals surface area contributed by atoms with E-state index in [1.807, 2.05) is 13.8 Å². The minimum absolute atomic E-state index is 0.523. The van der Waals surface area contributed by atoms with Gasteiger partial charge in [0.1, 0.15) is 0 Å². The van der Waals surface area contributed by atoms with Gasteiger partial charge in [0.15, 0.2) is 0 Å². The summed E-state index contributed by atoms with van der Waals surface area (Å²) in [6.45, 7) is 17.7. The number of hydrogen-bond acceptors (Lipinski definition) is 2. The van der Waals surface area contributed by atoms with Gasteiger partial charge in [0.2, 0.25) is 0 Å². The van der Waals surface area contributed by atoms with Crippen LogP contribution in [0.5, 0.6) is 0 Å². The van der Waals surface area contributed by atoms with E-state index in [1.165, 1.54) is 25.9 Å². The lowest BCUT2D eigenvalue weighted by Gasteiger charge is -2.40. The zero-order chi connectivity index (χ0) is 13.4. The number of hydrogen-bond donors (Lipinski definition) is 0. The average Bonchev–Trinajstić information content (AvgIpc) is 2.18. The Hall–Kier alpha value is -0.0800. The van der Waals surface area contributed by atoms with Gasteiger partial charge < -0.3 is 9.64 Å². The van der Waals surface area contributed by atoms with Crippen LogP contribution in [-0.4, -0.2) is 36.2 Å². The second-order valence-electron chi connectivity index (χ2n) is 5.10. The molecule has 2 atom stereocenters. The van der Waals surface area contributed by atoms with Crippen LogP contribution in [0.25, 0.3) is 0 Å². The molecule has 0 saturated carbocycles. The van der Waals surface area contributed by atoms with Gasteiger partial charge in [-0.1, -0.05) is 20.8 Å². The quantitative estimate of drug-likeness (QED) is 0.728. The van der Waals surface area contributed by atoms with Gasteiger partial charge in [0.05, 0.1) is 12.2 Å². The zero-order valence-electron chi connectivity index (χ0n) is 13.0. The van der Waals surface area contributed by atoms with Crippen LogP contribution in [0.1, 0.15) is 61.3 Å². The lowest BCUT2D eigenvalue weighted by atomic mass is 9.89. The number of rotatable bonds is 2. The number of nitrogens with zero attached hydrogens (tertiary/aromatic N) is 1. The SMILES string of the molecule is CC.CC(C)N1CCC1.CCC1C(C)OC1C. The first-order valence-electron chi connectivity index (χ1n) is 7.45. The smallest absolute Gasteiger partial charge is 0.0603 e. The Balaban J connectivity index is 0.000000265. The molecule has 17 heavy (non-hydrogen) atoms. The molecule has 2 fully saturated rings. The van der Waals surface area contributed by atoms with Crippen molar-refractivity contribution in [2.45, 2.75) is 79.6 Å². The van der Waals surface area contributed by atoms with Crippen LogP contribution in [0.15, 0.2) is 0 Å². The maximum absolute atomic E-state index is 5.34. The summed E-state index contributed by atoms with van der Waals surface area (Å²) in [6.07, 6.45) is 3.73. The molecular formula is C15H33NO. The number of likely N-dealkylation sites (tertiary alicyclic amines) is 1. The molecule has 2 heterocycles. The molecule has 2 unspecified atom stereocenters. The zero-order valence-corrected chi connectivity index (χ0v) is 13.0. The van der Waals surface area contributed by atoms with Crippen molar-refractivity contribution in [2.24, 2.45) is 5.92 Å². The molecule has 0 aromatic heterocycles. The molecular weight excluding hydrogens is 210 g/mol. The molecule has 0 N–H and O–H groups in total. The molecule has 0 spiro atoms. The van der Waals surface area contributed by atoms with E-state index in [-0.39, 0.29) is 0 Å². The Kier molecular flexibility index (Phi) is 8.89. The van der Waals surface area contributed by atoms with Crippen molar-refractivity contribution in [3.05, 3.63) is 0 Å². The van der Waals surface area contributed by atoms with Crippen LogP contribution < -0.4 is 0 Å². The van der Waals surface area contributed by atoms with Crippen LogP contribution in [0.4, 0.5) is 0 Å². The molecule has 2 rings (SSSR count). The van der Waals surface area contributed by atoms with Crippen molar-refractivity contribution in [3.8, 4) is 0 Å².